The zero-order valence-corrected chi connectivity index (χ0v) is 9.76. The number of ether oxygens (including phenoxy) is 1. The monoisotopic (exact) mass is 229 g/mol. The van der Waals surface area contributed by atoms with Crippen LogP contribution in [0.3, 0.4) is 0 Å². The predicted octanol–water partition coefficient (Wildman–Crippen LogP) is 3.21. The Balaban J connectivity index is 2.05. The average Bonchev–Trinajstić information content (AvgIpc) is 2.36. The second-order valence-electron chi connectivity index (χ2n) is 3.87. The summed E-state index contributed by atoms with van der Waals surface area (Å²) in [6.45, 7) is 6.15. The third kappa shape index (κ3) is 2.57. The van der Waals surface area contributed by atoms with Crippen molar-refractivity contribution in [2.45, 2.75) is 13.5 Å². The number of hydroxylamine groups is 2. The lowest BCUT2D eigenvalue weighted by Gasteiger charge is -2.22. The topological polar surface area (TPSA) is 32.7 Å². The van der Waals surface area contributed by atoms with Crippen LogP contribution >= 0.6 is 0 Å². The van der Waals surface area contributed by atoms with Crippen LogP contribution in [0.5, 0.6) is 0 Å². The molecule has 0 aliphatic carbocycles. The molecule has 0 atom stereocenters. The van der Waals surface area contributed by atoms with E-state index in [1.807, 2.05) is 37.3 Å². The molecule has 0 spiro atoms. The molecule has 88 valence electrons. The maximum Gasteiger partial charge on any atom is 0.126 e. The molecule has 0 amide bonds. The smallest absolute Gasteiger partial charge is 0.126 e. The number of hydrogen-bond acceptors (Lipinski definition) is 3. The first-order valence-electron chi connectivity index (χ1n) is 5.41. The molecule has 0 fully saturated rings. The third-order valence-corrected chi connectivity index (χ3v) is 2.68. The third-order valence-electron chi connectivity index (χ3n) is 2.68. The quantitative estimate of drug-likeness (QED) is 0.863. The van der Waals surface area contributed by atoms with Gasteiger partial charge in [0.25, 0.3) is 0 Å². The van der Waals surface area contributed by atoms with Gasteiger partial charge in [-0.25, -0.2) is 5.06 Å². The summed E-state index contributed by atoms with van der Waals surface area (Å²) in [6, 6.07) is 9.95. The van der Waals surface area contributed by atoms with E-state index in [2.05, 4.69) is 6.58 Å². The summed E-state index contributed by atoms with van der Waals surface area (Å²) < 4.78 is 5.69. The van der Waals surface area contributed by atoms with Crippen LogP contribution in [0.2, 0.25) is 0 Å². The van der Waals surface area contributed by atoms with Crippen molar-refractivity contribution in [3.63, 3.8) is 0 Å². The van der Waals surface area contributed by atoms with Gasteiger partial charge in [0.2, 0.25) is 0 Å². The first kappa shape index (κ1) is 11.5. The Morgan fingerprint density at radius 1 is 1.29 bits per heavy atom. The van der Waals surface area contributed by atoms with Gasteiger partial charge in [0.1, 0.15) is 12.4 Å². The van der Waals surface area contributed by atoms with Crippen LogP contribution in [0.4, 0.5) is 0 Å². The summed E-state index contributed by atoms with van der Waals surface area (Å²) in [7, 11) is 0. The minimum atomic E-state index is 0.510. The van der Waals surface area contributed by atoms with Gasteiger partial charge in [-0.1, -0.05) is 36.9 Å². The lowest BCUT2D eigenvalue weighted by Crippen LogP contribution is -2.16. The molecular formula is C14H15NO2. The highest BCUT2D eigenvalue weighted by Crippen LogP contribution is 2.23. The highest BCUT2D eigenvalue weighted by atomic mass is 16.5. The normalized spacial score (nSPS) is 15.4. The molecule has 3 nitrogen and oxygen atoms in total. The molecule has 1 aliphatic rings. The van der Waals surface area contributed by atoms with E-state index in [1.54, 1.807) is 6.08 Å². The maximum atomic E-state index is 9.41. The van der Waals surface area contributed by atoms with Gasteiger partial charge in [0.05, 0.1) is 5.70 Å². The highest BCUT2D eigenvalue weighted by Gasteiger charge is 2.14. The largest absolute Gasteiger partial charge is 0.488 e. The van der Waals surface area contributed by atoms with Crippen LogP contribution in [0.15, 0.2) is 66.2 Å². The number of rotatable bonds is 3. The molecule has 0 aromatic heterocycles. The van der Waals surface area contributed by atoms with Gasteiger partial charge < -0.3 is 4.74 Å². The number of benzene rings is 1. The Morgan fingerprint density at radius 2 is 2.00 bits per heavy atom. The predicted molar refractivity (Wildman–Crippen MR) is 65.8 cm³/mol. The molecule has 1 N–H and O–H groups in total. The molecule has 0 bridgehead atoms. The van der Waals surface area contributed by atoms with Crippen LogP contribution in [0.25, 0.3) is 0 Å². The van der Waals surface area contributed by atoms with E-state index in [9.17, 15) is 5.21 Å². The van der Waals surface area contributed by atoms with Gasteiger partial charge in [0.15, 0.2) is 0 Å². The SMILES string of the molecule is C=C1C(C)=C(OCc2ccccc2)C=CN1O. The minimum Gasteiger partial charge on any atom is -0.488 e. The minimum absolute atomic E-state index is 0.510. The van der Waals surface area contributed by atoms with E-state index >= 15 is 0 Å². The molecule has 1 heterocycles. The summed E-state index contributed by atoms with van der Waals surface area (Å²) in [4.78, 5) is 0. The van der Waals surface area contributed by atoms with Crippen molar-refractivity contribution in [1.82, 2.24) is 5.06 Å². The van der Waals surface area contributed by atoms with Crippen LogP contribution < -0.4 is 0 Å². The Hall–Kier alpha value is -2.00. The van der Waals surface area contributed by atoms with Crippen molar-refractivity contribution in [2.24, 2.45) is 0 Å². The Morgan fingerprint density at radius 3 is 2.71 bits per heavy atom. The summed E-state index contributed by atoms with van der Waals surface area (Å²) in [5.74, 6) is 0.740. The second kappa shape index (κ2) is 4.89. The standard InChI is InChI=1S/C14H15NO2/c1-11-12(2)15(16)9-8-14(11)17-10-13-6-4-3-5-7-13/h3-9,16H,2,10H2,1H3. The molecule has 1 aromatic carbocycles. The molecular weight excluding hydrogens is 214 g/mol. The highest BCUT2D eigenvalue weighted by molar-refractivity contribution is 5.37. The van der Waals surface area contributed by atoms with Crippen molar-refractivity contribution >= 4 is 0 Å². The van der Waals surface area contributed by atoms with E-state index in [1.165, 1.54) is 6.20 Å². The fraction of sp³-hybridized carbons (Fsp3) is 0.143. The van der Waals surface area contributed by atoms with E-state index in [-0.39, 0.29) is 0 Å². The van der Waals surface area contributed by atoms with E-state index < -0.39 is 0 Å². The number of nitrogens with zero attached hydrogens (tertiary/aromatic N) is 1. The fourth-order valence-electron chi connectivity index (χ4n) is 1.56. The number of allylic oxidation sites excluding steroid dienone is 2. The lowest BCUT2D eigenvalue weighted by molar-refractivity contribution is -0.00381. The van der Waals surface area contributed by atoms with Crippen LogP contribution in [0, 0.1) is 0 Å². The van der Waals surface area contributed by atoms with Gasteiger partial charge in [-0.2, -0.15) is 0 Å². The van der Waals surface area contributed by atoms with Crippen LogP contribution in [0.1, 0.15) is 12.5 Å². The average molecular weight is 229 g/mol. The summed E-state index contributed by atoms with van der Waals surface area (Å²) in [6.07, 6.45) is 3.25. The molecule has 17 heavy (non-hydrogen) atoms. The van der Waals surface area contributed by atoms with Crippen molar-refractivity contribution in [3.8, 4) is 0 Å². The summed E-state index contributed by atoms with van der Waals surface area (Å²) in [5.41, 5.74) is 2.49. The van der Waals surface area contributed by atoms with Gasteiger partial charge in [0, 0.05) is 11.8 Å². The van der Waals surface area contributed by atoms with E-state index in [0.29, 0.717) is 12.3 Å². The maximum absolute atomic E-state index is 9.41. The first-order chi connectivity index (χ1) is 8.18. The van der Waals surface area contributed by atoms with E-state index in [4.69, 9.17) is 4.74 Å². The van der Waals surface area contributed by atoms with Crippen LogP contribution in [-0.4, -0.2) is 10.3 Å². The number of hydrogen-bond donors (Lipinski definition) is 1. The molecule has 0 radical (unpaired) electrons. The van der Waals surface area contributed by atoms with Crippen molar-refractivity contribution in [2.75, 3.05) is 0 Å². The van der Waals surface area contributed by atoms with Gasteiger partial charge in [-0.05, 0) is 18.6 Å². The van der Waals surface area contributed by atoms with E-state index in [0.717, 1.165) is 22.0 Å². The summed E-state index contributed by atoms with van der Waals surface area (Å²) >= 11 is 0. The summed E-state index contributed by atoms with van der Waals surface area (Å²) in [5, 5.41) is 10.4. The van der Waals surface area contributed by atoms with Gasteiger partial charge in [-0.3, -0.25) is 5.21 Å². The molecule has 0 unspecified atom stereocenters. The first-order valence-corrected chi connectivity index (χ1v) is 5.41. The fourth-order valence-corrected chi connectivity index (χ4v) is 1.56. The van der Waals surface area contributed by atoms with Crippen molar-refractivity contribution in [3.05, 3.63) is 71.8 Å². The van der Waals surface area contributed by atoms with Gasteiger partial charge >= 0.3 is 0 Å². The van der Waals surface area contributed by atoms with Crippen molar-refractivity contribution in [1.29, 1.82) is 0 Å². The van der Waals surface area contributed by atoms with Crippen LogP contribution in [-0.2, 0) is 11.3 Å². The molecule has 1 aromatic rings. The lowest BCUT2D eigenvalue weighted by atomic mass is 10.1. The zero-order valence-electron chi connectivity index (χ0n) is 9.76. The van der Waals surface area contributed by atoms with Gasteiger partial charge in [-0.15, -0.1) is 0 Å². The Labute approximate surface area is 101 Å². The molecule has 1 aliphatic heterocycles. The van der Waals surface area contributed by atoms with Crippen molar-refractivity contribution < 1.29 is 9.94 Å². The Kier molecular flexibility index (Phi) is 3.30. The second-order valence-corrected chi connectivity index (χ2v) is 3.87. The molecule has 0 saturated heterocycles. The molecule has 0 saturated carbocycles. The Bertz CT molecular complexity index is 474. The zero-order chi connectivity index (χ0) is 12.3. The molecule has 3 heteroatoms. The molecule has 2 rings (SSSR count).